The molecule has 1 amide bonds. The van der Waals surface area contributed by atoms with E-state index < -0.39 is 17.6 Å². The van der Waals surface area contributed by atoms with Crippen LogP contribution in [0.4, 0.5) is 18.9 Å². The minimum Gasteiger partial charge on any atom is -0.496 e. The summed E-state index contributed by atoms with van der Waals surface area (Å²) in [6.45, 7) is 0.470. The van der Waals surface area contributed by atoms with Gasteiger partial charge in [0, 0.05) is 23.2 Å². The Morgan fingerprint density at radius 1 is 1.25 bits per heavy atom. The standard InChI is InChI=1S/C20H20ClF3N2O2/c1-28-18-5-3-2-4-13(18)11-26(15-7-8-15)12-19(27)25-17-9-6-14(21)10-16(17)20(22,23)24/h2-6,9-10,15H,7-8,11-12H2,1H3,(H,25,27). The first kappa shape index (κ1) is 20.5. The van der Waals surface area contributed by atoms with Gasteiger partial charge in [0.2, 0.25) is 5.91 Å². The quantitative estimate of drug-likeness (QED) is 0.698. The van der Waals surface area contributed by atoms with Crippen LogP contribution in [0, 0.1) is 0 Å². The first-order valence-corrected chi connectivity index (χ1v) is 9.18. The molecule has 2 aromatic rings. The van der Waals surface area contributed by atoms with Gasteiger partial charge in [-0.15, -0.1) is 0 Å². The summed E-state index contributed by atoms with van der Waals surface area (Å²) < 4.78 is 45.0. The van der Waals surface area contributed by atoms with E-state index >= 15 is 0 Å². The fourth-order valence-electron chi connectivity index (χ4n) is 3.04. The monoisotopic (exact) mass is 412 g/mol. The van der Waals surface area contributed by atoms with Gasteiger partial charge in [-0.2, -0.15) is 13.2 Å². The van der Waals surface area contributed by atoms with Crippen molar-refractivity contribution in [3.05, 3.63) is 58.6 Å². The molecule has 150 valence electrons. The molecule has 28 heavy (non-hydrogen) atoms. The molecule has 0 unspecified atom stereocenters. The van der Waals surface area contributed by atoms with Crippen molar-refractivity contribution in [1.82, 2.24) is 4.90 Å². The molecule has 0 aliphatic heterocycles. The van der Waals surface area contributed by atoms with E-state index in [1.807, 2.05) is 29.2 Å². The molecule has 8 heteroatoms. The molecular weight excluding hydrogens is 393 g/mol. The maximum atomic E-state index is 13.2. The Balaban J connectivity index is 1.72. The number of carbonyl (C=O) groups is 1. The van der Waals surface area contributed by atoms with Gasteiger partial charge in [0.15, 0.2) is 0 Å². The van der Waals surface area contributed by atoms with Gasteiger partial charge >= 0.3 is 6.18 Å². The zero-order valence-electron chi connectivity index (χ0n) is 15.2. The highest BCUT2D eigenvalue weighted by Gasteiger charge is 2.35. The first-order valence-electron chi connectivity index (χ1n) is 8.80. The van der Waals surface area contributed by atoms with E-state index in [4.69, 9.17) is 16.3 Å². The summed E-state index contributed by atoms with van der Waals surface area (Å²) in [6, 6.07) is 11.0. The third-order valence-corrected chi connectivity index (χ3v) is 4.77. The van der Waals surface area contributed by atoms with Crippen LogP contribution in [0.25, 0.3) is 0 Å². The average Bonchev–Trinajstić information content (AvgIpc) is 3.47. The number of hydrogen-bond donors (Lipinski definition) is 1. The minimum atomic E-state index is -4.61. The fraction of sp³-hybridized carbons (Fsp3) is 0.350. The lowest BCUT2D eigenvalue weighted by Crippen LogP contribution is -2.35. The Kier molecular flexibility index (Phi) is 6.15. The number of alkyl halides is 3. The van der Waals surface area contributed by atoms with Crippen LogP contribution in [0.2, 0.25) is 5.02 Å². The third-order valence-electron chi connectivity index (χ3n) is 4.54. The number of para-hydroxylation sites is 1. The number of rotatable bonds is 7. The maximum absolute atomic E-state index is 13.2. The number of amides is 1. The summed E-state index contributed by atoms with van der Waals surface area (Å²) in [5, 5.41) is 2.34. The van der Waals surface area contributed by atoms with Gasteiger partial charge in [0.25, 0.3) is 0 Å². The number of halogens is 4. The average molecular weight is 413 g/mol. The van der Waals surface area contributed by atoms with Crippen molar-refractivity contribution < 1.29 is 22.7 Å². The van der Waals surface area contributed by atoms with Crippen LogP contribution in [-0.2, 0) is 17.5 Å². The van der Waals surface area contributed by atoms with E-state index in [0.29, 0.717) is 12.3 Å². The lowest BCUT2D eigenvalue weighted by atomic mass is 10.1. The van der Waals surface area contributed by atoms with Gasteiger partial charge in [0.1, 0.15) is 5.75 Å². The highest BCUT2D eigenvalue weighted by atomic mass is 35.5. The van der Waals surface area contributed by atoms with Crippen molar-refractivity contribution in [2.75, 3.05) is 19.0 Å². The van der Waals surface area contributed by atoms with Crippen molar-refractivity contribution in [3.63, 3.8) is 0 Å². The number of anilines is 1. The highest BCUT2D eigenvalue weighted by molar-refractivity contribution is 6.30. The number of hydrogen-bond acceptors (Lipinski definition) is 3. The molecule has 0 spiro atoms. The van der Waals surface area contributed by atoms with Crippen LogP contribution in [0.3, 0.4) is 0 Å². The molecule has 3 rings (SSSR count). The molecule has 1 aliphatic rings. The SMILES string of the molecule is COc1ccccc1CN(CC(=O)Nc1ccc(Cl)cc1C(F)(F)F)C1CC1. The lowest BCUT2D eigenvalue weighted by molar-refractivity contribution is -0.137. The van der Waals surface area contributed by atoms with Crippen molar-refractivity contribution in [2.45, 2.75) is 31.6 Å². The number of methoxy groups -OCH3 is 1. The lowest BCUT2D eigenvalue weighted by Gasteiger charge is -2.23. The van der Waals surface area contributed by atoms with Crippen LogP contribution in [0.15, 0.2) is 42.5 Å². The molecular formula is C20H20ClF3N2O2. The van der Waals surface area contributed by atoms with Crippen molar-refractivity contribution >= 4 is 23.2 Å². The van der Waals surface area contributed by atoms with Crippen LogP contribution >= 0.6 is 11.6 Å². The topological polar surface area (TPSA) is 41.6 Å². The number of nitrogens with one attached hydrogen (secondary N) is 1. The number of benzene rings is 2. The van der Waals surface area contributed by atoms with E-state index in [-0.39, 0.29) is 23.3 Å². The second kappa shape index (κ2) is 8.41. The van der Waals surface area contributed by atoms with Crippen molar-refractivity contribution in [2.24, 2.45) is 0 Å². The zero-order valence-corrected chi connectivity index (χ0v) is 16.0. The Hall–Kier alpha value is -2.25. The van der Waals surface area contributed by atoms with Gasteiger partial charge in [-0.05, 0) is 37.1 Å². The third kappa shape index (κ3) is 5.17. The van der Waals surface area contributed by atoms with E-state index in [2.05, 4.69) is 5.32 Å². The van der Waals surface area contributed by atoms with Crippen molar-refractivity contribution in [3.8, 4) is 5.75 Å². The van der Waals surface area contributed by atoms with E-state index in [1.54, 1.807) is 7.11 Å². The second-order valence-electron chi connectivity index (χ2n) is 6.68. The van der Waals surface area contributed by atoms with Gasteiger partial charge in [-0.3, -0.25) is 9.69 Å². The molecule has 0 atom stereocenters. The summed E-state index contributed by atoms with van der Waals surface area (Å²) in [4.78, 5) is 14.4. The molecule has 2 aromatic carbocycles. The van der Waals surface area contributed by atoms with Gasteiger partial charge in [-0.1, -0.05) is 29.8 Å². The van der Waals surface area contributed by atoms with E-state index in [0.717, 1.165) is 24.5 Å². The molecule has 1 N–H and O–H groups in total. The Morgan fingerprint density at radius 2 is 1.96 bits per heavy atom. The smallest absolute Gasteiger partial charge is 0.418 e. The largest absolute Gasteiger partial charge is 0.496 e. The number of ether oxygens (including phenoxy) is 1. The minimum absolute atomic E-state index is 0.0113. The molecule has 0 saturated heterocycles. The van der Waals surface area contributed by atoms with Crippen molar-refractivity contribution in [1.29, 1.82) is 0 Å². The number of carbonyl (C=O) groups excluding carboxylic acids is 1. The molecule has 4 nitrogen and oxygen atoms in total. The predicted molar refractivity (Wildman–Crippen MR) is 102 cm³/mol. The van der Waals surface area contributed by atoms with Crippen LogP contribution < -0.4 is 10.1 Å². The molecule has 0 radical (unpaired) electrons. The second-order valence-corrected chi connectivity index (χ2v) is 7.12. The van der Waals surface area contributed by atoms with E-state index in [9.17, 15) is 18.0 Å². The van der Waals surface area contributed by atoms with Crippen LogP contribution in [0.1, 0.15) is 24.0 Å². The van der Waals surface area contributed by atoms with E-state index in [1.165, 1.54) is 12.1 Å². The Morgan fingerprint density at radius 3 is 2.61 bits per heavy atom. The predicted octanol–water partition coefficient (Wildman–Crippen LogP) is 4.97. The zero-order chi connectivity index (χ0) is 20.3. The number of nitrogens with zero attached hydrogens (tertiary/aromatic N) is 1. The van der Waals surface area contributed by atoms with Crippen LogP contribution in [0.5, 0.6) is 5.75 Å². The molecule has 1 fully saturated rings. The Bertz CT molecular complexity index is 854. The normalized spacial score (nSPS) is 14.2. The first-order chi connectivity index (χ1) is 13.3. The highest BCUT2D eigenvalue weighted by Crippen LogP contribution is 2.36. The summed E-state index contributed by atoms with van der Waals surface area (Å²) in [6.07, 6.45) is -2.70. The van der Waals surface area contributed by atoms with Gasteiger partial charge in [0.05, 0.1) is 24.9 Å². The molecule has 1 saturated carbocycles. The summed E-state index contributed by atoms with van der Waals surface area (Å²) >= 11 is 5.68. The maximum Gasteiger partial charge on any atom is 0.418 e. The van der Waals surface area contributed by atoms with Gasteiger partial charge in [-0.25, -0.2) is 0 Å². The molecule has 0 heterocycles. The molecule has 1 aliphatic carbocycles. The Labute approximate surface area is 166 Å². The fourth-order valence-corrected chi connectivity index (χ4v) is 3.21. The molecule has 0 aromatic heterocycles. The summed E-state index contributed by atoms with van der Waals surface area (Å²) in [5.74, 6) is 0.209. The summed E-state index contributed by atoms with van der Waals surface area (Å²) in [5.41, 5.74) is -0.335. The molecule has 0 bridgehead atoms. The van der Waals surface area contributed by atoms with Gasteiger partial charge < -0.3 is 10.1 Å². The van der Waals surface area contributed by atoms with Crippen LogP contribution in [-0.4, -0.2) is 30.5 Å². The summed E-state index contributed by atoms with van der Waals surface area (Å²) in [7, 11) is 1.58.